The minimum atomic E-state index is -0.435. The summed E-state index contributed by atoms with van der Waals surface area (Å²) >= 11 is 0. The minimum absolute atomic E-state index is 0.00666. The van der Waals surface area contributed by atoms with Crippen LogP contribution in [-0.4, -0.2) is 24.3 Å². The zero-order valence-electron chi connectivity index (χ0n) is 8.63. The van der Waals surface area contributed by atoms with E-state index in [0.717, 1.165) is 12.8 Å². The van der Waals surface area contributed by atoms with Gasteiger partial charge >= 0.3 is 0 Å². The molecule has 0 spiro atoms. The summed E-state index contributed by atoms with van der Waals surface area (Å²) < 4.78 is 5.24. The van der Waals surface area contributed by atoms with Gasteiger partial charge < -0.3 is 4.74 Å². The molecule has 0 heterocycles. The molecule has 0 aliphatic heterocycles. The van der Waals surface area contributed by atoms with Crippen molar-refractivity contribution in [3.05, 3.63) is 0 Å². The molecule has 0 saturated carbocycles. The van der Waals surface area contributed by atoms with Crippen LogP contribution in [0.2, 0.25) is 0 Å². The first-order valence-electron chi connectivity index (χ1n) is 4.71. The molecule has 0 rings (SSSR count). The lowest BCUT2D eigenvalue weighted by molar-refractivity contribution is -0.133. The first-order valence-corrected chi connectivity index (χ1v) is 4.71. The first kappa shape index (κ1) is 12.3. The smallest absolute Gasteiger partial charge is 0.168 e. The van der Waals surface area contributed by atoms with Crippen LogP contribution in [0, 0.1) is 0 Å². The van der Waals surface area contributed by atoms with Gasteiger partial charge in [-0.1, -0.05) is 13.3 Å². The molecule has 0 aromatic carbocycles. The Labute approximate surface area is 79.5 Å². The van der Waals surface area contributed by atoms with Crippen LogP contribution in [-0.2, 0) is 14.3 Å². The summed E-state index contributed by atoms with van der Waals surface area (Å²) in [6, 6.07) is 0. The van der Waals surface area contributed by atoms with Gasteiger partial charge in [-0.05, 0) is 20.3 Å². The van der Waals surface area contributed by atoms with Gasteiger partial charge in [-0.25, -0.2) is 0 Å². The molecule has 0 radical (unpaired) electrons. The normalized spacial score (nSPS) is 12.5. The Morgan fingerprint density at radius 3 is 2.46 bits per heavy atom. The number of rotatable bonds is 7. The molecular weight excluding hydrogens is 168 g/mol. The van der Waals surface area contributed by atoms with Crippen molar-refractivity contribution in [1.29, 1.82) is 0 Å². The first-order chi connectivity index (χ1) is 6.07. The summed E-state index contributed by atoms with van der Waals surface area (Å²) in [5.74, 6) is -0.223. The standard InChI is InChI=1S/C10H18O3/c1-4-5-6-13-9(3)10(12)7-8(2)11/h9H,4-7H2,1-3H3. The summed E-state index contributed by atoms with van der Waals surface area (Å²) in [5.41, 5.74) is 0. The highest BCUT2D eigenvalue weighted by atomic mass is 16.5. The summed E-state index contributed by atoms with van der Waals surface area (Å²) in [5, 5.41) is 0. The van der Waals surface area contributed by atoms with Crippen molar-refractivity contribution in [3.63, 3.8) is 0 Å². The second kappa shape index (κ2) is 6.78. The van der Waals surface area contributed by atoms with E-state index in [-0.39, 0.29) is 18.0 Å². The van der Waals surface area contributed by atoms with Gasteiger partial charge in [0.05, 0.1) is 6.42 Å². The van der Waals surface area contributed by atoms with Crippen LogP contribution < -0.4 is 0 Å². The van der Waals surface area contributed by atoms with Crippen molar-refractivity contribution in [1.82, 2.24) is 0 Å². The molecule has 3 nitrogen and oxygen atoms in total. The molecule has 1 unspecified atom stereocenters. The Morgan fingerprint density at radius 2 is 2.00 bits per heavy atom. The minimum Gasteiger partial charge on any atom is -0.371 e. The maximum absolute atomic E-state index is 11.2. The molecule has 0 amide bonds. The van der Waals surface area contributed by atoms with Gasteiger partial charge in [0.25, 0.3) is 0 Å². The molecular formula is C10H18O3. The highest BCUT2D eigenvalue weighted by Gasteiger charge is 2.14. The van der Waals surface area contributed by atoms with Crippen molar-refractivity contribution < 1.29 is 14.3 Å². The molecule has 0 aliphatic carbocycles. The third-order valence-electron chi connectivity index (χ3n) is 1.74. The number of ether oxygens (including phenoxy) is 1. The Balaban J connectivity index is 3.63. The lowest BCUT2D eigenvalue weighted by Crippen LogP contribution is -2.23. The van der Waals surface area contributed by atoms with Gasteiger partial charge in [-0.15, -0.1) is 0 Å². The molecule has 76 valence electrons. The number of hydrogen-bond acceptors (Lipinski definition) is 3. The van der Waals surface area contributed by atoms with Crippen LogP contribution in [0.1, 0.15) is 40.0 Å². The van der Waals surface area contributed by atoms with Crippen molar-refractivity contribution in [2.75, 3.05) is 6.61 Å². The Bertz CT molecular complexity index is 175. The highest BCUT2D eigenvalue weighted by molar-refractivity contribution is 5.99. The molecule has 1 atom stereocenters. The number of hydrogen-bond donors (Lipinski definition) is 0. The Morgan fingerprint density at radius 1 is 1.38 bits per heavy atom. The maximum Gasteiger partial charge on any atom is 0.168 e. The van der Waals surface area contributed by atoms with E-state index >= 15 is 0 Å². The van der Waals surface area contributed by atoms with E-state index in [2.05, 4.69) is 6.92 Å². The number of Topliss-reactive ketones (excluding diaryl/α,β-unsaturated/α-hetero) is 2. The summed E-state index contributed by atoms with van der Waals surface area (Å²) in [7, 11) is 0. The van der Waals surface area contributed by atoms with E-state index in [1.807, 2.05) is 0 Å². The largest absolute Gasteiger partial charge is 0.371 e. The number of unbranched alkanes of at least 4 members (excludes halogenated alkanes) is 1. The Kier molecular flexibility index (Phi) is 6.41. The number of carbonyl (C=O) groups excluding carboxylic acids is 2. The van der Waals surface area contributed by atoms with Crippen molar-refractivity contribution >= 4 is 11.6 Å². The summed E-state index contributed by atoms with van der Waals surface area (Å²) in [4.78, 5) is 21.8. The van der Waals surface area contributed by atoms with Crippen molar-refractivity contribution in [2.24, 2.45) is 0 Å². The van der Waals surface area contributed by atoms with E-state index in [1.165, 1.54) is 6.92 Å². The van der Waals surface area contributed by atoms with Gasteiger partial charge in [0.15, 0.2) is 5.78 Å². The lowest BCUT2D eigenvalue weighted by Gasteiger charge is -2.10. The zero-order chi connectivity index (χ0) is 10.3. The molecule has 0 aliphatic rings. The van der Waals surface area contributed by atoms with Crippen LogP contribution in [0.25, 0.3) is 0 Å². The van der Waals surface area contributed by atoms with Crippen LogP contribution in [0.4, 0.5) is 0 Å². The van der Waals surface area contributed by atoms with E-state index < -0.39 is 6.10 Å². The summed E-state index contributed by atoms with van der Waals surface area (Å²) in [6.07, 6.45) is 1.56. The highest BCUT2D eigenvalue weighted by Crippen LogP contribution is 1.99. The summed E-state index contributed by atoms with van der Waals surface area (Å²) in [6.45, 7) is 5.77. The topological polar surface area (TPSA) is 43.4 Å². The van der Waals surface area contributed by atoms with Gasteiger partial charge in [0.1, 0.15) is 11.9 Å². The monoisotopic (exact) mass is 186 g/mol. The van der Waals surface area contributed by atoms with Gasteiger partial charge in [-0.2, -0.15) is 0 Å². The fraction of sp³-hybridized carbons (Fsp3) is 0.800. The molecule has 3 heteroatoms. The van der Waals surface area contributed by atoms with Crippen LogP contribution >= 0.6 is 0 Å². The van der Waals surface area contributed by atoms with Crippen LogP contribution in [0.5, 0.6) is 0 Å². The molecule has 0 N–H and O–H groups in total. The van der Waals surface area contributed by atoms with Gasteiger partial charge in [0.2, 0.25) is 0 Å². The maximum atomic E-state index is 11.2. The van der Waals surface area contributed by atoms with Gasteiger partial charge in [0, 0.05) is 6.61 Å². The molecule has 0 fully saturated rings. The van der Waals surface area contributed by atoms with Crippen LogP contribution in [0.3, 0.4) is 0 Å². The van der Waals surface area contributed by atoms with Crippen LogP contribution in [0.15, 0.2) is 0 Å². The predicted molar refractivity (Wildman–Crippen MR) is 50.6 cm³/mol. The fourth-order valence-electron chi connectivity index (χ4n) is 0.886. The SMILES string of the molecule is CCCCOC(C)C(=O)CC(C)=O. The fourth-order valence-corrected chi connectivity index (χ4v) is 0.886. The van der Waals surface area contributed by atoms with Crippen molar-refractivity contribution in [3.8, 4) is 0 Å². The molecule has 0 bridgehead atoms. The molecule has 13 heavy (non-hydrogen) atoms. The van der Waals surface area contributed by atoms with Gasteiger partial charge in [-0.3, -0.25) is 9.59 Å². The number of ketones is 2. The lowest BCUT2D eigenvalue weighted by atomic mass is 10.1. The molecule has 0 aromatic heterocycles. The number of carbonyl (C=O) groups is 2. The van der Waals surface area contributed by atoms with Crippen molar-refractivity contribution in [2.45, 2.75) is 46.1 Å². The third kappa shape index (κ3) is 6.46. The average molecular weight is 186 g/mol. The second-order valence-electron chi connectivity index (χ2n) is 3.21. The third-order valence-corrected chi connectivity index (χ3v) is 1.74. The quantitative estimate of drug-likeness (QED) is 0.449. The van der Waals surface area contributed by atoms with E-state index in [0.29, 0.717) is 6.61 Å². The zero-order valence-corrected chi connectivity index (χ0v) is 8.63. The molecule has 0 aromatic rings. The second-order valence-corrected chi connectivity index (χ2v) is 3.21. The van der Waals surface area contributed by atoms with E-state index in [9.17, 15) is 9.59 Å². The van der Waals surface area contributed by atoms with E-state index in [1.54, 1.807) is 6.92 Å². The Hall–Kier alpha value is -0.700. The average Bonchev–Trinajstić information content (AvgIpc) is 2.03. The molecule has 0 saturated heterocycles. The predicted octanol–water partition coefficient (Wildman–Crippen LogP) is 1.74. The van der Waals surface area contributed by atoms with E-state index in [4.69, 9.17) is 4.74 Å².